The van der Waals surface area contributed by atoms with Crippen LogP contribution in [0.2, 0.25) is 5.15 Å². The first kappa shape index (κ1) is 15.3. The van der Waals surface area contributed by atoms with Gasteiger partial charge in [-0.2, -0.15) is 0 Å². The summed E-state index contributed by atoms with van der Waals surface area (Å²) in [5.41, 5.74) is 0.387. The van der Waals surface area contributed by atoms with Gasteiger partial charge in [-0.15, -0.1) is 11.3 Å². The van der Waals surface area contributed by atoms with Gasteiger partial charge < -0.3 is 14.8 Å². The number of pyridine rings is 1. The summed E-state index contributed by atoms with van der Waals surface area (Å²) in [4.78, 5) is 27.4. The molecule has 0 aliphatic rings. The van der Waals surface area contributed by atoms with Gasteiger partial charge in [0.2, 0.25) is 0 Å². The number of carbonyl (C=O) groups is 2. The van der Waals surface area contributed by atoms with E-state index in [1.807, 2.05) is 0 Å². The molecular weight excluding hydrogens is 316 g/mol. The molecule has 0 radical (unpaired) electrons. The number of rotatable bonds is 5. The number of hydrogen-bond acceptors (Lipinski definition) is 6. The number of anilines is 1. The van der Waals surface area contributed by atoms with Gasteiger partial charge in [0, 0.05) is 6.20 Å². The Hall–Kier alpha value is -2.12. The van der Waals surface area contributed by atoms with E-state index in [4.69, 9.17) is 16.3 Å². The monoisotopic (exact) mass is 326 g/mol. The van der Waals surface area contributed by atoms with Crippen LogP contribution in [0.25, 0.3) is 0 Å². The molecule has 0 fully saturated rings. The molecule has 2 aromatic heterocycles. The maximum Gasteiger partial charge on any atom is 0.350 e. The molecule has 0 saturated heterocycles. The Labute approximate surface area is 129 Å². The summed E-state index contributed by atoms with van der Waals surface area (Å²) in [5, 5.41) is 4.44. The van der Waals surface area contributed by atoms with E-state index in [1.165, 1.54) is 24.6 Å². The highest BCUT2D eigenvalue weighted by Gasteiger charge is 2.16. The zero-order chi connectivity index (χ0) is 15.2. The van der Waals surface area contributed by atoms with E-state index in [0.717, 1.165) is 0 Å². The van der Waals surface area contributed by atoms with Gasteiger partial charge in [0.15, 0.2) is 17.5 Å². The van der Waals surface area contributed by atoms with Gasteiger partial charge in [-0.1, -0.05) is 11.6 Å². The molecule has 0 unspecified atom stereocenters. The zero-order valence-corrected chi connectivity index (χ0v) is 12.5. The maximum absolute atomic E-state index is 11.8. The number of esters is 1. The second-order valence-corrected chi connectivity index (χ2v) is 5.06. The van der Waals surface area contributed by atoms with Crippen molar-refractivity contribution in [3.8, 4) is 5.75 Å². The Bertz CT molecular complexity index is 659. The lowest BCUT2D eigenvalue weighted by Gasteiger charge is -2.08. The molecule has 0 aromatic carbocycles. The third-order valence-corrected chi connectivity index (χ3v) is 3.57. The van der Waals surface area contributed by atoms with E-state index in [2.05, 4.69) is 15.0 Å². The van der Waals surface area contributed by atoms with Crippen molar-refractivity contribution in [2.24, 2.45) is 0 Å². The summed E-state index contributed by atoms with van der Waals surface area (Å²) < 4.78 is 9.88. The van der Waals surface area contributed by atoms with Crippen LogP contribution in [0.1, 0.15) is 9.67 Å². The summed E-state index contributed by atoms with van der Waals surface area (Å²) >= 11 is 6.99. The first-order chi connectivity index (χ1) is 10.1. The molecule has 8 heteroatoms. The van der Waals surface area contributed by atoms with Crippen molar-refractivity contribution in [1.82, 2.24) is 4.98 Å². The predicted octanol–water partition coefficient (Wildman–Crippen LogP) is 2.60. The van der Waals surface area contributed by atoms with E-state index < -0.39 is 11.9 Å². The quantitative estimate of drug-likeness (QED) is 0.675. The van der Waals surface area contributed by atoms with Crippen LogP contribution in [0.4, 0.5) is 5.69 Å². The van der Waals surface area contributed by atoms with Crippen LogP contribution in [0.15, 0.2) is 29.8 Å². The van der Waals surface area contributed by atoms with Gasteiger partial charge in [-0.25, -0.2) is 9.78 Å². The molecule has 0 spiro atoms. The average Bonchev–Trinajstić information content (AvgIpc) is 2.93. The summed E-state index contributed by atoms with van der Waals surface area (Å²) in [6.07, 6.45) is 1.52. The molecule has 1 amide bonds. The summed E-state index contributed by atoms with van der Waals surface area (Å²) in [5.74, 6) is -0.608. The molecule has 110 valence electrons. The van der Waals surface area contributed by atoms with Gasteiger partial charge in [0.05, 0.1) is 12.8 Å². The van der Waals surface area contributed by atoms with E-state index in [-0.39, 0.29) is 11.8 Å². The first-order valence-corrected chi connectivity index (χ1v) is 7.06. The van der Waals surface area contributed by atoms with Crippen molar-refractivity contribution in [3.63, 3.8) is 0 Å². The van der Waals surface area contributed by atoms with Crippen LogP contribution < -0.4 is 10.1 Å². The van der Waals surface area contributed by atoms with Crippen LogP contribution in [0.5, 0.6) is 5.75 Å². The molecule has 0 aliphatic heterocycles. The molecule has 0 bridgehead atoms. The Morgan fingerprint density at radius 1 is 1.43 bits per heavy atom. The summed E-state index contributed by atoms with van der Waals surface area (Å²) in [6, 6.07) is 4.87. The van der Waals surface area contributed by atoms with Crippen molar-refractivity contribution in [1.29, 1.82) is 0 Å². The maximum atomic E-state index is 11.8. The molecule has 0 aliphatic carbocycles. The van der Waals surface area contributed by atoms with Gasteiger partial charge in [0.1, 0.15) is 4.88 Å². The highest BCUT2D eigenvalue weighted by Crippen LogP contribution is 2.23. The van der Waals surface area contributed by atoms with Crippen LogP contribution in [-0.4, -0.2) is 30.6 Å². The van der Waals surface area contributed by atoms with Gasteiger partial charge in [0.25, 0.3) is 5.91 Å². The normalized spacial score (nSPS) is 10.0. The fourth-order valence-electron chi connectivity index (χ4n) is 1.47. The van der Waals surface area contributed by atoms with Crippen LogP contribution in [-0.2, 0) is 9.53 Å². The lowest BCUT2D eigenvalue weighted by atomic mass is 10.4. The Morgan fingerprint density at radius 2 is 2.24 bits per heavy atom. The number of nitrogens with zero attached hydrogens (tertiary/aromatic N) is 1. The minimum absolute atomic E-state index is 0.177. The minimum Gasteiger partial charge on any atom is -0.481 e. The van der Waals surface area contributed by atoms with Crippen molar-refractivity contribution in [2.75, 3.05) is 19.0 Å². The van der Waals surface area contributed by atoms with Crippen molar-refractivity contribution in [2.45, 2.75) is 0 Å². The van der Waals surface area contributed by atoms with Crippen molar-refractivity contribution < 1.29 is 19.1 Å². The molecule has 6 nitrogen and oxygen atoms in total. The molecule has 1 N–H and O–H groups in total. The Morgan fingerprint density at radius 3 is 2.95 bits per heavy atom. The lowest BCUT2D eigenvalue weighted by Crippen LogP contribution is -2.21. The standard InChI is InChI=1S/C13H11ClN2O4S/c1-19-13(18)11-8(4-6-21-11)16-10(17)7-20-9-3-2-5-15-12(9)14/h2-6H,7H2,1H3,(H,16,17). The van der Waals surface area contributed by atoms with Crippen molar-refractivity contribution >= 4 is 40.5 Å². The van der Waals surface area contributed by atoms with Gasteiger partial charge in [-0.05, 0) is 23.6 Å². The third kappa shape index (κ3) is 3.93. The summed E-state index contributed by atoms with van der Waals surface area (Å²) in [7, 11) is 1.28. The van der Waals surface area contributed by atoms with E-state index >= 15 is 0 Å². The second-order valence-electron chi connectivity index (χ2n) is 3.78. The number of ether oxygens (including phenoxy) is 2. The highest BCUT2D eigenvalue weighted by atomic mass is 35.5. The van der Waals surface area contributed by atoms with E-state index in [0.29, 0.717) is 16.3 Å². The number of methoxy groups -OCH3 is 1. The zero-order valence-electron chi connectivity index (χ0n) is 11.0. The topological polar surface area (TPSA) is 77.5 Å². The van der Waals surface area contributed by atoms with E-state index in [9.17, 15) is 9.59 Å². The Balaban J connectivity index is 1.95. The lowest BCUT2D eigenvalue weighted by molar-refractivity contribution is -0.118. The smallest absolute Gasteiger partial charge is 0.350 e. The van der Waals surface area contributed by atoms with E-state index in [1.54, 1.807) is 23.6 Å². The summed E-state index contributed by atoms with van der Waals surface area (Å²) in [6.45, 7) is -0.248. The fourth-order valence-corrected chi connectivity index (χ4v) is 2.41. The Kier molecular flexibility index (Phi) is 5.13. The number of carbonyl (C=O) groups excluding carboxylic acids is 2. The largest absolute Gasteiger partial charge is 0.481 e. The van der Waals surface area contributed by atoms with Crippen molar-refractivity contribution in [3.05, 3.63) is 39.8 Å². The minimum atomic E-state index is -0.503. The molecule has 0 atom stereocenters. The fraction of sp³-hybridized carbons (Fsp3) is 0.154. The third-order valence-electron chi connectivity index (χ3n) is 2.39. The molecule has 21 heavy (non-hydrogen) atoms. The predicted molar refractivity (Wildman–Crippen MR) is 79.0 cm³/mol. The SMILES string of the molecule is COC(=O)c1sccc1NC(=O)COc1cccnc1Cl. The number of nitrogens with one attached hydrogen (secondary N) is 1. The number of thiophene rings is 1. The number of aromatic nitrogens is 1. The number of halogens is 1. The van der Waals surface area contributed by atoms with Crippen LogP contribution in [0.3, 0.4) is 0 Å². The van der Waals surface area contributed by atoms with Gasteiger partial charge >= 0.3 is 5.97 Å². The average molecular weight is 327 g/mol. The molecule has 2 rings (SSSR count). The number of hydrogen-bond donors (Lipinski definition) is 1. The molecule has 2 aromatic rings. The highest BCUT2D eigenvalue weighted by molar-refractivity contribution is 7.12. The molecule has 2 heterocycles. The second kappa shape index (κ2) is 7.05. The molecule has 0 saturated carbocycles. The van der Waals surface area contributed by atoms with Crippen LogP contribution in [0, 0.1) is 0 Å². The number of amides is 1. The molecular formula is C13H11ClN2O4S. The van der Waals surface area contributed by atoms with Gasteiger partial charge in [-0.3, -0.25) is 4.79 Å². The van der Waals surface area contributed by atoms with Crippen LogP contribution >= 0.6 is 22.9 Å². The first-order valence-electron chi connectivity index (χ1n) is 5.80.